The molecule has 0 amide bonds. The Bertz CT molecular complexity index is 448. The van der Waals surface area contributed by atoms with Crippen LogP contribution < -0.4 is 0 Å². The third-order valence-corrected chi connectivity index (χ3v) is 7.86. The molecule has 0 unspecified atom stereocenters. The van der Waals surface area contributed by atoms with Gasteiger partial charge in [0, 0.05) is 0 Å². The molecule has 0 bridgehead atoms. The van der Waals surface area contributed by atoms with Crippen LogP contribution in [0.25, 0.3) is 0 Å². The van der Waals surface area contributed by atoms with Crippen LogP contribution >= 0.6 is 11.6 Å². The van der Waals surface area contributed by atoms with E-state index in [9.17, 15) is 36.9 Å². The summed E-state index contributed by atoms with van der Waals surface area (Å²) in [4.78, 5) is 0. The molecule has 13 heteroatoms. The Hall–Kier alpha value is -0.0700. The smallest absolute Gasteiger partial charge is 0.190 e. The summed E-state index contributed by atoms with van der Waals surface area (Å²) in [6.45, 7) is 0. The Morgan fingerprint density at radius 3 is 0.857 bits per heavy atom. The lowest BCUT2D eigenvalue weighted by Crippen LogP contribution is -2.42. The van der Waals surface area contributed by atoms with E-state index in [-0.39, 0.29) is 0 Å². The van der Waals surface area contributed by atoms with Crippen LogP contribution in [-0.4, -0.2) is 28.1 Å². The molecule has 86 valence electrons. The van der Waals surface area contributed by atoms with Gasteiger partial charge < -0.3 is 0 Å². The van der Waals surface area contributed by atoms with Gasteiger partial charge in [0.15, 0.2) is 0 Å². The van der Waals surface area contributed by atoms with E-state index in [2.05, 4.69) is 11.6 Å². The first-order valence-electron chi connectivity index (χ1n) is 2.26. The van der Waals surface area contributed by atoms with Crippen molar-refractivity contribution in [1.29, 1.82) is 0 Å². The molecule has 0 aliphatic rings. The SMILES string of the molecule is O=S(=O)(F)C(Cl)(S(=O)(=O)F)S(=O)(=O)F. The van der Waals surface area contributed by atoms with Crippen molar-refractivity contribution in [3.8, 4) is 0 Å². The minimum atomic E-state index is -6.74. The second-order valence-electron chi connectivity index (χ2n) is 1.79. The van der Waals surface area contributed by atoms with Crippen LogP contribution in [0.2, 0.25) is 0 Å². The van der Waals surface area contributed by atoms with Gasteiger partial charge in [0.25, 0.3) is 0 Å². The molecular formula is CClF3O6S3. The van der Waals surface area contributed by atoms with Gasteiger partial charge in [-0.25, -0.2) is 0 Å². The van der Waals surface area contributed by atoms with Crippen LogP contribution in [0.5, 0.6) is 0 Å². The molecule has 0 aromatic rings. The Labute approximate surface area is 82.3 Å². The monoisotopic (exact) mass is 296 g/mol. The highest BCUT2D eigenvalue weighted by atomic mass is 35.5. The summed E-state index contributed by atoms with van der Waals surface area (Å²) < 4.78 is 90.3. The van der Waals surface area contributed by atoms with Crippen molar-refractivity contribution in [2.24, 2.45) is 0 Å². The lowest BCUT2D eigenvalue weighted by Gasteiger charge is -2.11. The maximum Gasteiger partial charge on any atom is 0.430 e. The lowest BCUT2D eigenvalue weighted by atomic mass is 11.8. The van der Waals surface area contributed by atoms with Crippen molar-refractivity contribution < 1.29 is 36.9 Å². The first-order valence-corrected chi connectivity index (χ1v) is 6.79. The van der Waals surface area contributed by atoms with Gasteiger partial charge in [-0.15, -0.1) is 11.7 Å². The third kappa shape index (κ3) is 1.97. The van der Waals surface area contributed by atoms with E-state index < -0.39 is 33.5 Å². The topological polar surface area (TPSA) is 102 Å². The van der Waals surface area contributed by atoms with Crippen molar-refractivity contribution in [2.75, 3.05) is 0 Å². The van der Waals surface area contributed by atoms with E-state index >= 15 is 0 Å². The van der Waals surface area contributed by atoms with Gasteiger partial charge in [-0.2, -0.15) is 25.3 Å². The quantitative estimate of drug-likeness (QED) is 0.525. The van der Waals surface area contributed by atoms with Gasteiger partial charge in [0.05, 0.1) is 0 Å². The molecule has 0 saturated carbocycles. The van der Waals surface area contributed by atoms with Crippen molar-refractivity contribution in [1.82, 2.24) is 0 Å². The molecule has 0 aromatic heterocycles. The van der Waals surface area contributed by atoms with Crippen molar-refractivity contribution in [2.45, 2.75) is 2.87 Å². The minimum absolute atomic E-state index is 4.08. The zero-order valence-corrected chi connectivity index (χ0v) is 8.89. The zero-order chi connectivity index (χ0) is 12.0. The maximum absolute atomic E-state index is 12.0. The average Bonchev–Trinajstić information content (AvgIpc) is 1.77. The molecule has 0 rings (SSSR count). The number of halogens is 4. The zero-order valence-electron chi connectivity index (χ0n) is 5.69. The average molecular weight is 297 g/mol. The van der Waals surface area contributed by atoms with E-state index in [0.29, 0.717) is 0 Å². The van der Waals surface area contributed by atoms with E-state index in [1.165, 1.54) is 0 Å². The van der Waals surface area contributed by atoms with Crippen molar-refractivity contribution >= 4 is 42.3 Å². The second-order valence-corrected chi connectivity index (χ2v) is 8.27. The second kappa shape index (κ2) is 3.21. The van der Waals surface area contributed by atoms with E-state index in [1.807, 2.05) is 0 Å². The van der Waals surface area contributed by atoms with Crippen molar-refractivity contribution in [3.05, 3.63) is 0 Å². The Morgan fingerprint density at radius 2 is 0.857 bits per heavy atom. The molecule has 0 aliphatic carbocycles. The van der Waals surface area contributed by atoms with Crippen molar-refractivity contribution in [3.63, 3.8) is 0 Å². The van der Waals surface area contributed by atoms with Crippen LogP contribution in [0.4, 0.5) is 11.7 Å². The summed E-state index contributed by atoms with van der Waals surface area (Å²) in [6.07, 6.45) is 0. The molecule has 0 atom stereocenters. The van der Waals surface area contributed by atoms with Crippen LogP contribution in [0.1, 0.15) is 0 Å². The standard InChI is InChI=1S/CClF3O6S3/c2-1(12(3,6)7,13(4,8)9)14(5,10)11. The number of hydrogen-bond donors (Lipinski definition) is 0. The predicted molar refractivity (Wildman–Crippen MR) is 38.7 cm³/mol. The largest absolute Gasteiger partial charge is 0.430 e. The highest BCUT2D eigenvalue weighted by Crippen LogP contribution is 2.39. The summed E-state index contributed by atoms with van der Waals surface area (Å²) >= 11 is 4.08. The van der Waals surface area contributed by atoms with E-state index in [1.54, 1.807) is 0 Å². The molecule has 0 N–H and O–H groups in total. The van der Waals surface area contributed by atoms with Gasteiger partial charge in [-0.05, 0) is 0 Å². The predicted octanol–water partition coefficient (Wildman–Crippen LogP) is -0.266. The molecular weight excluding hydrogens is 297 g/mol. The fourth-order valence-electron chi connectivity index (χ4n) is 0.357. The van der Waals surface area contributed by atoms with Gasteiger partial charge in [0.2, 0.25) is 0 Å². The van der Waals surface area contributed by atoms with Crippen LogP contribution in [0.15, 0.2) is 0 Å². The summed E-state index contributed by atoms with van der Waals surface area (Å²) in [6, 6.07) is 0. The van der Waals surface area contributed by atoms with Gasteiger partial charge in [-0.3, -0.25) is 0 Å². The first-order chi connectivity index (χ1) is 5.75. The number of alkyl halides is 1. The summed E-state index contributed by atoms with van der Waals surface area (Å²) in [7, 11) is -20.2. The molecule has 0 radical (unpaired) electrons. The minimum Gasteiger partial charge on any atom is -0.190 e. The highest BCUT2D eigenvalue weighted by molar-refractivity contribution is 8.23. The third-order valence-electron chi connectivity index (χ3n) is 0.874. The summed E-state index contributed by atoms with van der Waals surface area (Å²) in [5.74, 6) is 0. The molecule has 0 aliphatic heterocycles. The fourth-order valence-corrected chi connectivity index (χ4v) is 3.21. The van der Waals surface area contributed by atoms with Gasteiger partial charge >= 0.3 is 33.5 Å². The highest BCUT2D eigenvalue weighted by Gasteiger charge is 2.68. The Morgan fingerprint density at radius 1 is 0.714 bits per heavy atom. The van der Waals surface area contributed by atoms with Crippen LogP contribution in [0, 0.1) is 0 Å². The number of hydrogen-bond acceptors (Lipinski definition) is 6. The first kappa shape index (κ1) is 13.9. The Balaban J connectivity index is 6.41. The maximum atomic E-state index is 12.0. The molecule has 0 spiro atoms. The molecule has 0 aromatic carbocycles. The van der Waals surface area contributed by atoms with Crippen LogP contribution in [0.3, 0.4) is 0 Å². The van der Waals surface area contributed by atoms with Gasteiger partial charge in [-0.1, -0.05) is 11.6 Å². The normalized spacial score (nSPS) is 15.4. The molecule has 0 saturated heterocycles. The summed E-state index contributed by atoms with van der Waals surface area (Å²) in [5, 5.41) is 0. The summed E-state index contributed by atoms with van der Waals surface area (Å²) in [5.41, 5.74) is 0. The van der Waals surface area contributed by atoms with Crippen LogP contribution in [-0.2, 0) is 30.7 Å². The fraction of sp³-hybridized carbons (Fsp3) is 1.00. The van der Waals surface area contributed by atoms with E-state index in [0.717, 1.165) is 0 Å². The number of rotatable bonds is 3. The van der Waals surface area contributed by atoms with E-state index in [4.69, 9.17) is 0 Å². The van der Waals surface area contributed by atoms with Gasteiger partial charge in [0.1, 0.15) is 0 Å². The lowest BCUT2D eigenvalue weighted by molar-refractivity contribution is 0.515. The molecule has 0 heterocycles. The molecule has 0 fully saturated rings. The molecule has 14 heavy (non-hydrogen) atoms. The Kier molecular flexibility index (Phi) is 3.20. The molecule has 6 nitrogen and oxygen atoms in total.